The lowest BCUT2D eigenvalue weighted by Crippen LogP contribution is -2.50. The predicted molar refractivity (Wildman–Crippen MR) is 67.9 cm³/mol. The fourth-order valence-electron chi connectivity index (χ4n) is 2.10. The molecule has 0 atom stereocenters. The zero-order valence-electron chi connectivity index (χ0n) is 11.2. The summed E-state index contributed by atoms with van der Waals surface area (Å²) in [5.74, 6) is 0.101. The van der Waals surface area contributed by atoms with Gasteiger partial charge < -0.3 is 15.3 Å². The molecule has 1 amide bonds. The molecule has 5 heteroatoms. The molecule has 0 unspecified atom stereocenters. The molecule has 1 aliphatic rings. The molecule has 1 aliphatic heterocycles. The maximum atomic E-state index is 11.1. The Hall–Kier alpha value is -0.650. The standard InChI is InChI=1S/C12H25N3O2/c1-12(2,17)10-15-8-6-14(7-9-15)5-4-11(16)13-3/h17H,4-10H2,1-3H3,(H,13,16). The number of carbonyl (C=O) groups excluding carboxylic acids is 1. The van der Waals surface area contributed by atoms with Crippen LogP contribution < -0.4 is 5.32 Å². The highest BCUT2D eigenvalue weighted by molar-refractivity contribution is 5.75. The molecular weight excluding hydrogens is 218 g/mol. The Morgan fingerprint density at radius 2 is 1.76 bits per heavy atom. The van der Waals surface area contributed by atoms with E-state index in [0.29, 0.717) is 6.42 Å². The Kier molecular flexibility index (Phi) is 5.36. The lowest BCUT2D eigenvalue weighted by Gasteiger charge is -2.37. The van der Waals surface area contributed by atoms with Gasteiger partial charge in [0.05, 0.1) is 5.60 Å². The number of hydrogen-bond acceptors (Lipinski definition) is 4. The second-order valence-corrected chi connectivity index (χ2v) is 5.35. The van der Waals surface area contributed by atoms with E-state index < -0.39 is 5.60 Å². The molecule has 0 bridgehead atoms. The first-order valence-electron chi connectivity index (χ1n) is 6.28. The van der Waals surface area contributed by atoms with Crippen molar-refractivity contribution in [3.8, 4) is 0 Å². The van der Waals surface area contributed by atoms with Crippen LogP contribution in [0.4, 0.5) is 0 Å². The van der Waals surface area contributed by atoms with Crippen molar-refractivity contribution in [1.29, 1.82) is 0 Å². The van der Waals surface area contributed by atoms with Crippen molar-refractivity contribution in [3.05, 3.63) is 0 Å². The van der Waals surface area contributed by atoms with E-state index >= 15 is 0 Å². The predicted octanol–water partition coefficient (Wildman–Crippen LogP) is -0.489. The highest BCUT2D eigenvalue weighted by Crippen LogP contribution is 2.08. The molecular formula is C12H25N3O2. The van der Waals surface area contributed by atoms with E-state index in [1.807, 2.05) is 13.8 Å². The molecule has 0 saturated carbocycles. The molecule has 0 spiro atoms. The molecule has 17 heavy (non-hydrogen) atoms. The van der Waals surface area contributed by atoms with Crippen molar-refractivity contribution in [1.82, 2.24) is 15.1 Å². The van der Waals surface area contributed by atoms with Gasteiger partial charge in [-0.25, -0.2) is 0 Å². The zero-order chi connectivity index (χ0) is 12.9. The van der Waals surface area contributed by atoms with Crippen LogP contribution in [0, 0.1) is 0 Å². The van der Waals surface area contributed by atoms with Crippen LogP contribution in [0.1, 0.15) is 20.3 Å². The van der Waals surface area contributed by atoms with Crippen LogP contribution in [-0.4, -0.2) is 72.7 Å². The van der Waals surface area contributed by atoms with Gasteiger partial charge in [0.1, 0.15) is 0 Å². The van der Waals surface area contributed by atoms with Crippen LogP contribution in [-0.2, 0) is 4.79 Å². The maximum Gasteiger partial charge on any atom is 0.221 e. The molecule has 1 heterocycles. The van der Waals surface area contributed by atoms with Gasteiger partial charge in [-0.15, -0.1) is 0 Å². The van der Waals surface area contributed by atoms with E-state index in [1.165, 1.54) is 0 Å². The number of amides is 1. The summed E-state index contributed by atoms with van der Waals surface area (Å²) in [6.45, 7) is 9.12. The van der Waals surface area contributed by atoms with Gasteiger partial charge in [-0.3, -0.25) is 9.69 Å². The van der Waals surface area contributed by atoms with Gasteiger partial charge in [0.25, 0.3) is 0 Å². The fourth-order valence-corrected chi connectivity index (χ4v) is 2.10. The van der Waals surface area contributed by atoms with Crippen LogP contribution in [0.3, 0.4) is 0 Å². The minimum Gasteiger partial charge on any atom is -0.389 e. The fraction of sp³-hybridized carbons (Fsp3) is 0.917. The minimum absolute atomic E-state index is 0.101. The number of aliphatic hydroxyl groups is 1. The minimum atomic E-state index is -0.621. The summed E-state index contributed by atoms with van der Waals surface area (Å²) in [6, 6.07) is 0. The van der Waals surface area contributed by atoms with E-state index in [9.17, 15) is 9.90 Å². The number of carbonyl (C=O) groups is 1. The van der Waals surface area contributed by atoms with Gasteiger partial charge in [-0.05, 0) is 13.8 Å². The van der Waals surface area contributed by atoms with Gasteiger partial charge >= 0.3 is 0 Å². The number of rotatable bonds is 5. The maximum absolute atomic E-state index is 11.1. The normalized spacial score (nSPS) is 19.3. The number of β-amino-alcohol motifs (C(OH)–C–C–N with tert-alkyl or cyclic N) is 1. The topological polar surface area (TPSA) is 55.8 Å². The smallest absolute Gasteiger partial charge is 0.221 e. The van der Waals surface area contributed by atoms with E-state index in [0.717, 1.165) is 39.3 Å². The molecule has 0 aromatic heterocycles. The summed E-state index contributed by atoms with van der Waals surface area (Å²) in [5.41, 5.74) is -0.621. The highest BCUT2D eigenvalue weighted by Gasteiger charge is 2.22. The van der Waals surface area contributed by atoms with Crippen LogP contribution in [0.2, 0.25) is 0 Å². The van der Waals surface area contributed by atoms with Crippen LogP contribution in [0.5, 0.6) is 0 Å². The molecule has 1 rings (SSSR count). The molecule has 0 aromatic rings. The van der Waals surface area contributed by atoms with Crippen molar-refractivity contribution in [3.63, 3.8) is 0 Å². The monoisotopic (exact) mass is 243 g/mol. The molecule has 2 N–H and O–H groups in total. The summed E-state index contributed by atoms with van der Waals surface area (Å²) in [5, 5.41) is 12.4. The quantitative estimate of drug-likeness (QED) is 0.684. The molecule has 1 saturated heterocycles. The van der Waals surface area contributed by atoms with Gasteiger partial charge in [0.15, 0.2) is 0 Å². The summed E-state index contributed by atoms with van der Waals surface area (Å²) in [4.78, 5) is 15.7. The SMILES string of the molecule is CNC(=O)CCN1CCN(CC(C)(C)O)CC1. The lowest BCUT2D eigenvalue weighted by atomic mass is 10.1. The molecule has 0 aromatic carbocycles. The Balaban J connectivity index is 2.19. The van der Waals surface area contributed by atoms with Crippen molar-refractivity contribution in [2.24, 2.45) is 0 Å². The van der Waals surface area contributed by atoms with Crippen LogP contribution in [0.25, 0.3) is 0 Å². The third-order valence-electron chi connectivity index (χ3n) is 3.01. The van der Waals surface area contributed by atoms with Gasteiger partial charge in [0.2, 0.25) is 5.91 Å². The van der Waals surface area contributed by atoms with E-state index in [-0.39, 0.29) is 5.91 Å². The molecule has 0 radical (unpaired) electrons. The Morgan fingerprint density at radius 1 is 1.24 bits per heavy atom. The third-order valence-corrected chi connectivity index (χ3v) is 3.01. The zero-order valence-corrected chi connectivity index (χ0v) is 11.2. The highest BCUT2D eigenvalue weighted by atomic mass is 16.3. The van der Waals surface area contributed by atoms with Crippen molar-refractivity contribution < 1.29 is 9.90 Å². The first kappa shape index (κ1) is 14.4. The number of piperazine rings is 1. The Morgan fingerprint density at radius 3 is 2.24 bits per heavy atom. The van der Waals surface area contributed by atoms with Gasteiger partial charge in [-0.1, -0.05) is 0 Å². The van der Waals surface area contributed by atoms with Gasteiger partial charge in [-0.2, -0.15) is 0 Å². The third kappa shape index (κ3) is 6.00. The summed E-state index contributed by atoms with van der Waals surface area (Å²) in [6.07, 6.45) is 0.571. The molecule has 100 valence electrons. The van der Waals surface area contributed by atoms with Crippen LogP contribution in [0.15, 0.2) is 0 Å². The lowest BCUT2D eigenvalue weighted by molar-refractivity contribution is -0.121. The molecule has 5 nitrogen and oxygen atoms in total. The van der Waals surface area contributed by atoms with Crippen molar-refractivity contribution in [2.45, 2.75) is 25.9 Å². The van der Waals surface area contributed by atoms with Crippen molar-refractivity contribution >= 4 is 5.91 Å². The van der Waals surface area contributed by atoms with Crippen molar-refractivity contribution in [2.75, 3.05) is 46.3 Å². The molecule has 1 fully saturated rings. The Bertz CT molecular complexity index is 243. The number of hydrogen-bond donors (Lipinski definition) is 2. The van der Waals surface area contributed by atoms with Gasteiger partial charge in [0, 0.05) is 52.7 Å². The van der Waals surface area contributed by atoms with E-state index in [1.54, 1.807) is 7.05 Å². The van der Waals surface area contributed by atoms with E-state index in [2.05, 4.69) is 15.1 Å². The Labute approximate surface area is 104 Å². The number of nitrogens with one attached hydrogen (secondary N) is 1. The second-order valence-electron chi connectivity index (χ2n) is 5.35. The number of nitrogens with zero attached hydrogens (tertiary/aromatic N) is 2. The largest absolute Gasteiger partial charge is 0.389 e. The van der Waals surface area contributed by atoms with E-state index in [4.69, 9.17) is 0 Å². The average Bonchev–Trinajstić information content (AvgIpc) is 2.25. The first-order chi connectivity index (χ1) is 7.90. The summed E-state index contributed by atoms with van der Waals surface area (Å²) >= 11 is 0. The molecule has 0 aliphatic carbocycles. The second kappa shape index (κ2) is 6.33. The van der Waals surface area contributed by atoms with Crippen LogP contribution >= 0.6 is 0 Å². The summed E-state index contributed by atoms with van der Waals surface area (Å²) in [7, 11) is 1.67. The summed E-state index contributed by atoms with van der Waals surface area (Å²) < 4.78 is 0. The first-order valence-corrected chi connectivity index (χ1v) is 6.28. The average molecular weight is 243 g/mol.